The Morgan fingerprint density at radius 2 is 1.97 bits per heavy atom. The van der Waals surface area contributed by atoms with Crippen molar-refractivity contribution in [1.29, 1.82) is 0 Å². The molecule has 3 heterocycles. The number of aromatic nitrogens is 3. The van der Waals surface area contributed by atoms with E-state index in [-0.39, 0.29) is 34.1 Å². The normalized spacial score (nSPS) is 17.5. The van der Waals surface area contributed by atoms with E-state index in [1.165, 1.54) is 12.1 Å². The molecule has 1 saturated carbocycles. The first-order valence-electron chi connectivity index (χ1n) is 8.99. The van der Waals surface area contributed by atoms with Crippen molar-refractivity contribution in [2.24, 2.45) is 0 Å². The van der Waals surface area contributed by atoms with Gasteiger partial charge in [0, 0.05) is 24.7 Å². The number of nitrogens with zero attached hydrogens (tertiary/aromatic N) is 3. The number of pyridine rings is 1. The molecule has 1 aliphatic carbocycles. The number of anilines is 1. The number of hydrogen-bond acceptors (Lipinski definition) is 5. The van der Waals surface area contributed by atoms with Gasteiger partial charge in [-0.25, -0.2) is 14.4 Å². The molecule has 2 aromatic heterocycles. The minimum Gasteiger partial charge on any atom is -0.358 e. The van der Waals surface area contributed by atoms with E-state index in [0.29, 0.717) is 35.5 Å². The first-order chi connectivity index (χ1) is 13.5. The van der Waals surface area contributed by atoms with Crippen LogP contribution in [0.4, 0.5) is 10.2 Å². The Hall–Kier alpha value is -1.93. The van der Waals surface area contributed by atoms with E-state index >= 15 is 0 Å². The second-order valence-corrected chi connectivity index (χ2v) is 8.07. The van der Waals surface area contributed by atoms with Crippen molar-refractivity contribution in [3.8, 4) is 0 Å². The maximum Gasteiger partial charge on any atom is 0.280 e. The Morgan fingerprint density at radius 1 is 1.21 bits per heavy atom. The van der Waals surface area contributed by atoms with Crippen molar-refractivity contribution in [3.63, 3.8) is 0 Å². The lowest BCUT2D eigenvalue weighted by Crippen LogP contribution is -2.62. The summed E-state index contributed by atoms with van der Waals surface area (Å²) in [5.74, 6) is 0.0128. The lowest BCUT2D eigenvalue weighted by molar-refractivity contribution is 0.306. The smallest absolute Gasteiger partial charge is 0.280 e. The zero-order chi connectivity index (χ0) is 19.5. The van der Waals surface area contributed by atoms with Gasteiger partial charge in [-0.1, -0.05) is 23.2 Å². The molecule has 0 spiro atoms. The van der Waals surface area contributed by atoms with Crippen LogP contribution in [0.2, 0.25) is 10.0 Å². The van der Waals surface area contributed by atoms with Gasteiger partial charge in [-0.15, -0.1) is 12.4 Å². The number of rotatable bonds is 4. The quantitative estimate of drug-likeness (QED) is 0.583. The van der Waals surface area contributed by atoms with Crippen LogP contribution >= 0.6 is 35.6 Å². The van der Waals surface area contributed by atoms with Crippen LogP contribution in [-0.4, -0.2) is 27.6 Å². The van der Waals surface area contributed by atoms with Gasteiger partial charge in [-0.05, 0) is 37.1 Å². The van der Waals surface area contributed by atoms with Crippen LogP contribution in [0, 0.1) is 5.82 Å². The zero-order valence-corrected chi connectivity index (χ0v) is 17.4. The van der Waals surface area contributed by atoms with Gasteiger partial charge < -0.3 is 10.6 Å². The maximum absolute atomic E-state index is 14.6. The van der Waals surface area contributed by atoms with E-state index in [9.17, 15) is 9.18 Å². The van der Waals surface area contributed by atoms with Crippen LogP contribution in [0.5, 0.6) is 0 Å². The maximum atomic E-state index is 14.6. The Bertz CT molecular complexity index is 1160. The molecular formula is C19H17Cl3FN5O. The molecule has 2 fully saturated rings. The van der Waals surface area contributed by atoms with Crippen LogP contribution in [0.3, 0.4) is 0 Å². The first-order valence-corrected chi connectivity index (χ1v) is 9.75. The predicted molar refractivity (Wildman–Crippen MR) is 114 cm³/mol. The van der Waals surface area contributed by atoms with Crippen molar-refractivity contribution in [3.05, 3.63) is 62.4 Å². The van der Waals surface area contributed by atoms with E-state index in [1.807, 2.05) is 0 Å². The number of benzene rings is 1. The van der Waals surface area contributed by atoms with Gasteiger partial charge >= 0.3 is 0 Å². The second kappa shape index (κ2) is 7.40. The largest absolute Gasteiger partial charge is 0.358 e. The molecule has 1 saturated heterocycles. The average Bonchev–Trinajstić information content (AvgIpc) is 3.48. The van der Waals surface area contributed by atoms with Gasteiger partial charge in [0.25, 0.3) is 5.56 Å². The Labute approximate surface area is 181 Å². The molecule has 6 nitrogen and oxygen atoms in total. The van der Waals surface area contributed by atoms with Crippen molar-refractivity contribution >= 4 is 52.5 Å². The molecule has 1 aromatic carbocycles. The molecule has 10 heteroatoms. The van der Waals surface area contributed by atoms with Crippen LogP contribution in [0.1, 0.15) is 24.4 Å². The van der Waals surface area contributed by atoms with Gasteiger partial charge in [-0.2, -0.15) is 0 Å². The van der Waals surface area contributed by atoms with Crippen LogP contribution in [0.25, 0.3) is 11.0 Å². The molecule has 0 bridgehead atoms. The molecule has 2 aliphatic rings. The fraction of sp³-hybridized carbons (Fsp3) is 0.316. The van der Waals surface area contributed by atoms with E-state index in [4.69, 9.17) is 23.2 Å². The first kappa shape index (κ1) is 20.3. The van der Waals surface area contributed by atoms with Crippen LogP contribution in [-0.2, 0) is 5.54 Å². The van der Waals surface area contributed by atoms with Crippen molar-refractivity contribution in [2.45, 2.75) is 24.4 Å². The van der Waals surface area contributed by atoms with Gasteiger partial charge in [-0.3, -0.25) is 9.36 Å². The Balaban J connectivity index is 0.00000205. The minimum atomic E-state index is -0.801. The molecular weight excluding hydrogens is 440 g/mol. The van der Waals surface area contributed by atoms with Crippen LogP contribution < -0.4 is 16.2 Å². The summed E-state index contributed by atoms with van der Waals surface area (Å²) in [6.07, 6.45) is 3.54. The third-order valence-corrected chi connectivity index (χ3v) is 6.12. The highest BCUT2D eigenvalue weighted by Gasteiger charge is 2.43. The Morgan fingerprint density at radius 3 is 2.62 bits per heavy atom. The van der Waals surface area contributed by atoms with Crippen molar-refractivity contribution in [2.75, 3.05) is 18.4 Å². The van der Waals surface area contributed by atoms with Gasteiger partial charge in [0.15, 0.2) is 5.52 Å². The molecule has 152 valence electrons. The molecule has 0 unspecified atom stereocenters. The standard InChI is InChI=1S/C19H16Cl2FN5O.ClH/c20-11-3-4-12(22)15(16(11)21)19(7-23-8-19)26-14-6-5-13-17(25-14)18(28)27(9-24-13)10-1-2-10;/h3-6,9-10,23H,1-2,7-8H2,(H,25,26);1H. The van der Waals surface area contributed by atoms with Gasteiger partial charge in [0.05, 0.1) is 27.4 Å². The predicted octanol–water partition coefficient (Wildman–Crippen LogP) is 3.90. The number of halogens is 4. The topological polar surface area (TPSA) is 71.8 Å². The SMILES string of the molecule is Cl.O=c1c2nc(NC3(c4c(F)ccc(Cl)c4Cl)CNC3)ccc2ncn1C1CC1. The summed E-state index contributed by atoms with van der Waals surface area (Å²) in [6.45, 7) is 0.895. The molecule has 3 aromatic rings. The lowest BCUT2D eigenvalue weighted by Gasteiger charge is -2.44. The molecule has 5 rings (SSSR count). The highest BCUT2D eigenvalue weighted by atomic mass is 35.5. The summed E-state index contributed by atoms with van der Waals surface area (Å²) in [6, 6.07) is 6.41. The zero-order valence-electron chi connectivity index (χ0n) is 15.1. The summed E-state index contributed by atoms with van der Waals surface area (Å²) in [7, 11) is 0. The summed E-state index contributed by atoms with van der Waals surface area (Å²) in [5, 5.41) is 6.87. The molecule has 0 amide bonds. The molecule has 2 N–H and O–H groups in total. The summed E-state index contributed by atoms with van der Waals surface area (Å²) < 4.78 is 16.3. The van der Waals surface area contributed by atoms with Crippen LogP contribution in [0.15, 0.2) is 35.4 Å². The molecule has 29 heavy (non-hydrogen) atoms. The third kappa shape index (κ3) is 3.36. The van der Waals surface area contributed by atoms with Crippen molar-refractivity contribution < 1.29 is 4.39 Å². The molecule has 0 atom stereocenters. The highest BCUT2D eigenvalue weighted by Crippen LogP contribution is 2.39. The van der Waals surface area contributed by atoms with Gasteiger partial charge in [0.1, 0.15) is 11.6 Å². The van der Waals surface area contributed by atoms with Gasteiger partial charge in [0.2, 0.25) is 0 Å². The summed E-state index contributed by atoms with van der Waals surface area (Å²) >= 11 is 12.4. The number of hydrogen-bond donors (Lipinski definition) is 2. The fourth-order valence-corrected chi connectivity index (χ4v) is 4.10. The monoisotopic (exact) mass is 455 g/mol. The van der Waals surface area contributed by atoms with E-state index in [2.05, 4.69) is 20.6 Å². The number of nitrogens with one attached hydrogen (secondary N) is 2. The number of fused-ring (bicyclic) bond motifs is 1. The summed E-state index contributed by atoms with van der Waals surface area (Å²) in [4.78, 5) is 21.6. The van der Waals surface area contributed by atoms with E-state index < -0.39 is 11.4 Å². The van der Waals surface area contributed by atoms with Crippen molar-refractivity contribution in [1.82, 2.24) is 19.9 Å². The third-order valence-electron chi connectivity index (χ3n) is 5.32. The fourth-order valence-electron chi connectivity index (χ4n) is 3.61. The lowest BCUT2D eigenvalue weighted by atomic mass is 9.83. The summed E-state index contributed by atoms with van der Waals surface area (Å²) in [5.41, 5.74) is 0.150. The van der Waals surface area contributed by atoms with E-state index in [0.717, 1.165) is 12.8 Å². The second-order valence-electron chi connectivity index (χ2n) is 7.28. The average molecular weight is 457 g/mol. The molecule has 0 radical (unpaired) electrons. The van der Waals surface area contributed by atoms with E-state index in [1.54, 1.807) is 23.0 Å². The Kier molecular flexibility index (Phi) is 5.19. The minimum absolute atomic E-state index is 0. The molecule has 1 aliphatic heterocycles. The highest BCUT2D eigenvalue weighted by molar-refractivity contribution is 6.42.